The first-order valence-electron chi connectivity index (χ1n) is 6.02. The van der Waals surface area contributed by atoms with Crippen LogP contribution in [-0.4, -0.2) is 15.5 Å². The van der Waals surface area contributed by atoms with E-state index in [1.807, 2.05) is 0 Å². The van der Waals surface area contributed by atoms with Crippen molar-refractivity contribution in [2.75, 3.05) is 12.8 Å². The number of nitrogen functional groups attached to an aromatic ring is 1. The van der Waals surface area contributed by atoms with Crippen LogP contribution in [0.4, 0.5) is 18.9 Å². The van der Waals surface area contributed by atoms with Gasteiger partial charge in [-0.05, 0) is 42.5 Å². The van der Waals surface area contributed by atoms with Gasteiger partial charge in [-0.3, -0.25) is 0 Å². The third-order valence-corrected chi connectivity index (χ3v) is 4.80. The lowest BCUT2D eigenvalue weighted by atomic mass is 10.2. The normalized spacial score (nSPS) is 12.2. The van der Waals surface area contributed by atoms with Gasteiger partial charge < -0.3 is 10.5 Å². The van der Waals surface area contributed by atoms with Gasteiger partial charge in [0.15, 0.2) is 0 Å². The standard InChI is InChI=1S/C14H12F3NO3S/c1-21-10-3-5-11(6-4-10)22(19,20)13-7-2-9(18)8-12(13)14(15,16)17/h2-8H,18H2,1H3. The van der Waals surface area contributed by atoms with Crippen molar-refractivity contribution in [3.05, 3.63) is 48.0 Å². The summed E-state index contributed by atoms with van der Waals surface area (Å²) in [7, 11) is -2.93. The molecule has 0 aliphatic rings. The van der Waals surface area contributed by atoms with Crippen molar-refractivity contribution in [1.29, 1.82) is 0 Å². The maximum absolute atomic E-state index is 13.1. The smallest absolute Gasteiger partial charge is 0.417 e. The highest BCUT2D eigenvalue weighted by atomic mass is 32.2. The molecule has 0 amide bonds. The van der Waals surface area contributed by atoms with Gasteiger partial charge in [-0.2, -0.15) is 13.2 Å². The molecule has 2 N–H and O–H groups in total. The van der Waals surface area contributed by atoms with Gasteiger partial charge in [-0.1, -0.05) is 0 Å². The first-order chi connectivity index (χ1) is 10.2. The molecule has 0 radical (unpaired) electrons. The Balaban J connectivity index is 2.63. The topological polar surface area (TPSA) is 69.4 Å². The van der Waals surface area contributed by atoms with Crippen molar-refractivity contribution in [3.8, 4) is 5.75 Å². The van der Waals surface area contributed by atoms with Crippen LogP contribution >= 0.6 is 0 Å². The van der Waals surface area contributed by atoms with Crippen LogP contribution in [0.5, 0.6) is 5.75 Å². The largest absolute Gasteiger partial charge is 0.497 e. The summed E-state index contributed by atoms with van der Waals surface area (Å²) in [5, 5.41) is 0. The minimum absolute atomic E-state index is 0.166. The van der Waals surface area contributed by atoms with E-state index in [-0.39, 0.29) is 10.6 Å². The Bertz CT molecular complexity index is 784. The third kappa shape index (κ3) is 3.01. The van der Waals surface area contributed by atoms with E-state index in [0.717, 1.165) is 12.1 Å². The van der Waals surface area contributed by atoms with E-state index in [9.17, 15) is 21.6 Å². The maximum atomic E-state index is 13.1. The van der Waals surface area contributed by atoms with Gasteiger partial charge in [0.05, 0.1) is 22.5 Å². The molecule has 118 valence electrons. The van der Waals surface area contributed by atoms with E-state index in [0.29, 0.717) is 11.8 Å². The van der Waals surface area contributed by atoms with E-state index < -0.39 is 26.5 Å². The van der Waals surface area contributed by atoms with Gasteiger partial charge in [0.1, 0.15) is 5.75 Å². The second kappa shape index (κ2) is 5.53. The Morgan fingerprint density at radius 2 is 1.64 bits per heavy atom. The molecule has 0 saturated heterocycles. The summed E-state index contributed by atoms with van der Waals surface area (Å²) >= 11 is 0. The molecule has 2 rings (SSSR count). The van der Waals surface area contributed by atoms with Gasteiger partial charge in [-0.15, -0.1) is 0 Å². The fourth-order valence-electron chi connectivity index (χ4n) is 1.89. The van der Waals surface area contributed by atoms with Crippen LogP contribution in [0.3, 0.4) is 0 Å². The molecular formula is C14H12F3NO3S. The molecule has 8 heteroatoms. The lowest BCUT2D eigenvalue weighted by Crippen LogP contribution is -2.14. The minimum Gasteiger partial charge on any atom is -0.497 e. The molecule has 0 saturated carbocycles. The molecule has 0 bridgehead atoms. The van der Waals surface area contributed by atoms with Crippen molar-refractivity contribution < 1.29 is 26.3 Å². The molecule has 4 nitrogen and oxygen atoms in total. The van der Waals surface area contributed by atoms with Gasteiger partial charge in [0, 0.05) is 5.69 Å². The highest BCUT2D eigenvalue weighted by Crippen LogP contribution is 2.37. The monoisotopic (exact) mass is 331 g/mol. The van der Waals surface area contributed by atoms with Gasteiger partial charge in [-0.25, -0.2) is 8.42 Å². The molecule has 0 aliphatic heterocycles. The first-order valence-corrected chi connectivity index (χ1v) is 7.50. The van der Waals surface area contributed by atoms with Crippen LogP contribution in [0.1, 0.15) is 5.56 Å². The molecule has 0 heterocycles. The zero-order chi connectivity index (χ0) is 16.5. The Labute approximate surface area is 125 Å². The number of nitrogens with two attached hydrogens (primary N) is 1. The molecule has 0 unspecified atom stereocenters. The van der Waals surface area contributed by atoms with Gasteiger partial charge >= 0.3 is 6.18 Å². The van der Waals surface area contributed by atoms with E-state index >= 15 is 0 Å². The zero-order valence-corrected chi connectivity index (χ0v) is 12.2. The molecule has 0 aromatic heterocycles. The predicted molar refractivity (Wildman–Crippen MR) is 74.3 cm³/mol. The molecule has 0 spiro atoms. The van der Waals surface area contributed by atoms with E-state index in [1.165, 1.54) is 31.4 Å². The van der Waals surface area contributed by atoms with E-state index in [4.69, 9.17) is 10.5 Å². The molecule has 22 heavy (non-hydrogen) atoms. The fraction of sp³-hybridized carbons (Fsp3) is 0.143. The second-order valence-corrected chi connectivity index (χ2v) is 6.35. The summed E-state index contributed by atoms with van der Waals surface area (Å²) < 4.78 is 68.9. The highest BCUT2D eigenvalue weighted by molar-refractivity contribution is 7.91. The van der Waals surface area contributed by atoms with Crippen LogP contribution < -0.4 is 10.5 Å². The summed E-state index contributed by atoms with van der Waals surface area (Å²) in [5.41, 5.74) is 3.88. The predicted octanol–water partition coefficient (Wildman–Crippen LogP) is 3.13. The number of benzene rings is 2. The fourth-order valence-corrected chi connectivity index (χ4v) is 3.34. The minimum atomic E-state index is -4.83. The van der Waals surface area contributed by atoms with Gasteiger partial charge in [0.25, 0.3) is 0 Å². The van der Waals surface area contributed by atoms with Crippen LogP contribution in [-0.2, 0) is 16.0 Å². The number of ether oxygens (including phenoxy) is 1. The van der Waals surface area contributed by atoms with Gasteiger partial charge in [0.2, 0.25) is 9.84 Å². The molecule has 0 aliphatic carbocycles. The average Bonchev–Trinajstić information content (AvgIpc) is 2.46. The summed E-state index contributed by atoms with van der Waals surface area (Å²) in [6.45, 7) is 0. The molecule has 2 aromatic carbocycles. The van der Waals surface area contributed by atoms with Crippen molar-refractivity contribution in [2.24, 2.45) is 0 Å². The number of sulfone groups is 1. The second-order valence-electron chi connectivity index (χ2n) is 4.43. The average molecular weight is 331 g/mol. The number of hydrogen-bond acceptors (Lipinski definition) is 4. The zero-order valence-electron chi connectivity index (χ0n) is 11.4. The van der Waals surface area contributed by atoms with Crippen LogP contribution in [0, 0.1) is 0 Å². The summed E-state index contributed by atoms with van der Waals surface area (Å²) in [6, 6.07) is 7.67. The van der Waals surface area contributed by atoms with E-state index in [2.05, 4.69) is 0 Å². The Kier molecular flexibility index (Phi) is 4.06. The molecule has 2 aromatic rings. The number of alkyl halides is 3. The summed E-state index contributed by atoms with van der Waals surface area (Å²) in [5.74, 6) is 0.396. The molecule has 0 atom stereocenters. The van der Waals surface area contributed by atoms with E-state index in [1.54, 1.807) is 0 Å². The van der Waals surface area contributed by atoms with Crippen molar-refractivity contribution in [2.45, 2.75) is 16.0 Å². The quantitative estimate of drug-likeness (QED) is 0.877. The number of rotatable bonds is 3. The SMILES string of the molecule is COc1ccc(S(=O)(=O)c2ccc(N)cc2C(F)(F)F)cc1. The lowest BCUT2D eigenvalue weighted by molar-refractivity contribution is -0.139. The Morgan fingerprint density at radius 3 is 2.14 bits per heavy atom. The molecule has 0 fully saturated rings. The van der Waals surface area contributed by atoms with Crippen molar-refractivity contribution >= 4 is 15.5 Å². The maximum Gasteiger partial charge on any atom is 0.417 e. The highest BCUT2D eigenvalue weighted by Gasteiger charge is 2.37. The van der Waals surface area contributed by atoms with Crippen LogP contribution in [0.15, 0.2) is 52.3 Å². The Morgan fingerprint density at radius 1 is 1.05 bits per heavy atom. The van der Waals surface area contributed by atoms with Crippen LogP contribution in [0.2, 0.25) is 0 Å². The number of methoxy groups -OCH3 is 1. The number of halogens is 3. The summed E-state index contributed by atoms with van der Waals surface area (Å²) in [4.78, 5) is -1.09. The Hall–Kier alpha value is -2.22. The van der Waals surface area contributed by atoms with Crippen LogP contribution in [0.25, 0.3) is 0 Å². The van der Waals surface area contributed by atoms with Crippen molar-refractivity contribution in [3.63, 3.8) is 0 Å². The first kappa shape index (κ1) is 16.2. The van der Waals surface area contributed by atoms with Crippen molar-refractivity contribution in [1.82, 2.24) is 0 Å². The number of anilines is 1. The summed E-state index contributed by atoms with van der Waals surface area (Å²) in [6.07, 6.45) is -4.83. The number of hydrogen-bond donors (Lipinski definition) is 1. The molecular weight excluding hydrogens is 319 g/mol. The lowest BCUT2D eigenvalue weighted by Gasteiger charge is -2.14. The third-order valence-electron chi connectivity index (χ3n) is 2.97.